The van der Waals surface area contributed by atoms with E-state index < -0.39 is 11.9 Å². The first-order valence-electron chi connectivity index (χ1n) is 5.86. The van der Waals surface area contributed by atoms with Crippen molar-refractivity contribution in [2.45, 2.75) is 13.1 Å². The molecule has 0 radical (unpaired) electrons. The lowest BCUT2D eigenvalue weighted by molar-refractivity contribution is -0.141. The molecule has 20 heavy (non-hydrogen) atoms. The second-order valence-electron chi connectivity index (χ2n) is 4.00. The van der Waals surface area contributed by atoms with E-state index in [9.17, 15) is 13.2 Å². The molecule has 0 spiro atoms. The number of nitrogens with one attached hydrogen (secondary N) is 1. The number of benzene rings is 1. The molecule has 0 aliphatic heterocycles. The lowest BCUT2D eigenvalue weighted by Gasteiger charge is -2.11. The minimum atomic E-state index is -4.50. The summed E-state index contributed by atoms with van der Waals surface area (Å²) in [5, 5.41) is 2.71. The Labute approximate surface area is 122 Å². The summed E-state index contributed by atoms with van der Waals surface area (Å²) in [6.07, 6.45) is -4.50. The van der Waals surface area contributed by atoms with Crippen LogP contribution in [0.5, 0.6) is 0 Å². The number of hydrogen-bond donors (Lipinski definition) is 1. The van der Waals surface area contributed by atoms with Crippen LogP contribution in [-0.4, -0.2) is 16.5 Å². The summed E-state index contributed by atoms with van der Waals surface area (Å²) in [7, 11) is 0. The quantitative estimate of drug-likeness (QED) is 0.898. The summed E-state index contributed by atoms with van der Waals surface area (Å²) in [5.74, 6) is -0.0276. The standard InChI is InChI=1S/C13H11BrF3N3/c1-2-18-12-19-10(7-11(20-12)13(15,16)17)8-3-5-9(14)6-4-8/h3-7H,2H2,1H3,(H,18,19,20). The Morgan fingerprint density at radius 1 is 1.15 bits per heavy atom. The molecule has 106 valence electrons. The molecule has 1 heterocycles. The Morgan fingerprint density at radius 2 is 1.80 bits per heavy atom. The molecule has 0 aliphatic rings. The van der Waals surface area contributed by atoms with Crippen LogP contribution >= 0.6 is 15.9 Å². The third kappa shape index (κ3) is 3.47. The molecule has 1 aromatic heterocycles. The van der Waals surface area contributed by atoms with E-state index in [1.807, 2.05) is 0 Å². The Balaban J connectivity index is 2.51. The van der Waals surface area contributed by atoms with Gasteiger partial charge in [0.05, 0.1) is 5.69 Å². The van der Waals surface area contributed by atoms with Gasteiger partial charge in [-0.3, -0.25) is 0 Å². The van der Waals surface area contributed by atoms with Gasteiger partial charge in [-0.05, 0) is 25.1 Å². The highest BCUT2D eigenvalue weighted by Crippen LogP contribution is 2.31. The van der Waals surface area contributed by atoms with Crippen molar-refractivity contribution in [3.8, 4) is 11.3 Å². The number of aromatic nitrogens is 2. The van der Waals surface area contributed by atoms with Gasteiger partial charge in [0, 0.05) is 16.6 Å². The number of nitrogens with zero attached hydrogens (tertiary/aromatic N) is 2. The summed E-state index contributed by atoms with van der Waals surface area (Å²) in [6, 6.07) is 7.84. The van der Waals surface area contributed by atoms with Crippen molar-refractivity contribution in [3.05, 3.63) is 40.5 Å². The second-order valence-corrected chi connectivity index (χ2v) is 4.91. The smallest absolute Gasteiger partial charge is 0.354 e. The molecule has 1 aromatic carbocycles. The fraction of sp³-hybridized carbons (Fsp3) is 0.231. The number of alkyl halides is 3. The van der Waals surface area contributed by atoms with Crippen molar-refractivity contribution in [2.75, 3.05) is 11.9 Å². The molecule has 1 N–H and O–H groups in total. The average molecular weight is 346 g/mol. The molecule has 0 bridgehead atoms. The van der Waals surface area contributed by atoms with Crippen molar-refractivity contribution in [1.29, 1.82) is 0 Å². The van der Waals surface area contributed by atoms with E-state index in [0.29, 0.717) is 12.1 Å². The first-order chi connectivity index (χ1) is 9.40. The molecule has 0 fully saturated rings. The summed E-state index contributed by atoms with van der Waals surface area (Å²) in [5.41, 5.74) is -0.127. The zero-order valence-corrected chi connectivity index (χ0v) is 12.1. The van der Waals surface area contributed by atoms with Crippen LogP contribution in [0.25, 0.3) is 11.3 Å². The molecule has 3 nitrogen and oxygen atoms in total. The number of hydrogen-bond acceptors (Lipinski definition) is 3. The molecule has 0 amide bonds. The predicted molar refractivity (Wildman–Crippen MR) is 74.3 cm³/mol. The van der Waals surface area contributed by atoms with Crippen LogP contribution in [0.4, 0.5) is 19.1 Å². The van der Waals surface area contributed by atoms with Crippen molar-refractivity contribution < 1.29 is 13.2 Å². The van der Waals surface area contributed by atoms with Gasteiger partial charge in [-0.25, -0.2) is 9.97 Å². The number of rotatable bonds is 3. The van der Waals surface area contributed by atoms with Crippen molar-refractivity contribution in [3.63, 3.8) is 0 Å². The summed E-state index contributed by atoms with van der Waals surface area (Å²) >= 11 is 3.28. The average Bonchev–Trinajstić information content (AvgIpc) is 2.38. The summed E-state index contributed by atoms with van der Waals surface area (Å²) < 4.78 is 39.4. The topological polar surface area (TPSA) is 37.8 Å². The van der Waals surface area contributed by atoms with Crippen LogP contribution in [-0.2, 0) is 6.18 Å². The summed E-state index contributed by atoms with van der Waals surface area (Å²) in [4.78, 5) is 7.58. The van der Waals surface area contributed by atoms with Crippen LogP contribution in [0.2, 0.25) is 0 Å². The second kappa shape index (κ2) is 5.78. The van der Waals surface area contributed by atoms with E-state index in [1.165, 1.54) is 0 Å². The van der Waals surface area contributed by atoms with Gasteiger partial charge in [-0.2, -0.15) is 13.2 Å². The molecule has 2 aromatic rings. The number of anilines is 1. The number of halogens is 4. The highest BCUT2D eigenvalue weighted by molar-refractivity contribution is 9.10. The van der Waals surface area contributed by atoms with Gasteiger partial charge in [0.2, 0.25) is 5.95 Å². The van der Waals surface area contributed by atoms with Gasteiger partial charge in [0.1, 0.15) is 0 Å². The largest absolute Gasteiger partial charge is 0.433 e. The highest BCUT2D eigenvalue weighted by Gasteiger charge is 2.33. The van der Waals surface area contributed by atoms with Crippen LogP contribution in [0.3, 0.4) is 0 Å². The Kier molecular flexibility index (Phi) is 4.27. The zero-order valence-electron chi connectivity index (χ0n) is 10.5. The molecule has 0 atom stereocenters. The molecular formula is C13H11BrF3N3. The predicted octanol–water partition coefficient (Wildman–Crippen LogP) is 4.36. The zero-order chi connectivity index (χ0) is 14.8. The maximum absolute atomic E-state index is 12.8. The van der Waals surface area contributed by atoms with E-state index in [0.717, 1.165) is 10.5 Å². The maximum atomic E-state index is 12.8. The van der Waals surface area contributed by atoms with Crippen LogP contribution < -0.4 is 5.32 Å². The van der Waals surface area contributed by atoms with Gasteiger partial charge in [0.25, 0.3) is 0 Å². The lowest BCUT2D eigenvalue weighted by atomic mass is 10.1. The van der Waals surface area contributed by atoms with Gasteiger partial charge in [0.15, 0.2) is 5.69 Å². The van der Waals surface area contributed by atoms with E-state index in [-0.39, 0.29) is 11.6 Å². The molecule has 0 aliphatic carbocycles. The Bertz CT molecular complexity index is 597. The SMILES string of the molecule is CCNc1nc(-c2ccc(Br)cc2)cc(C(F)(F)F)n1. The van der Waals surface area contributed by atoms with Crippen LogP contribution in [0, 0.1) is 0 Å². The van der Waals surface area contributed by atoms with E-state index >= 15 is 0 Å². The normalized spacial score (nSPS) is 11.4. The molecule has 0 saturated heterocycles. The Morgan fingerprint density at radius 3 is 2.35 bits per heavy atom. The minimum Gasteiger partial charge on any atom is -0.354 e. The van der Waals surface area contributed by atoms with Crippen LogP contribution in [0.1, 0.15) is 12.6 Å². The van der Waals surface area contributed by atoms with Gasteiger partial charge in [-0.15, -0.1) is 0 Å². The molecular weight excluding hydrogens is 335 g/mol. The third-order valence-corrected chi connectivity index (χ3v) is 3.02. The van der Waals surface area contributed by atoms with Gasteiger partial charge in [-0.1, -0.05) is 28.1 Å². The van der Waals surface area contributed by atoms with E-state index in [4.69, 9.17) is 0 Å². The maximum Gasteiger partial charge on any atom is 0.433 e. The fourth-order valence-corrected chi connectivity index (χ4v) is 1.86. The van der Waals surface area contributed by atoms with Gasteiger partial charge >= 0.3 is 6.18 Å². The van der Waals surface area contributed by atoms with Crippen molar-refractivity contribution in [1.82, 2.24) is 9.97 Å². The molecule has 0 unspecified atom stereocenters. The fourth-order valence-electron chi connectivity index (χ4n) is 1.60. The highest BCUT2D eigenvalue weighted by atomic mass is 79.9. The monoisotopic (exact) mass is 345 g/mol. The first-order valence-corrected chi connectivity index (χ1v) is 6.65. The van der Waals surface area contributed by atoms with Crippen LogP contribution in [0.15, 0.2) is 34.8 Å². The van der Waals surface area contributed by atoms with Crippen molar-refractivity contribution in [2.24, 2.45) is 0 Å². The lowest BCUT2D eigenvalue weighted by Crippen LogP contribution is -2.12. The third-order valence-electron chi connectivity index (χ3n) is 2.49. The van der Waals surface area contributed by atoms with E-state index in [1.54, 1.807) is 31.2 Å². The van der Waals surface area contributed by atoms with Gasteiger partial charge < -0.3 is 5.32 Å². The Hall–Kier alpha value is -1.63. The molecule has 0 saturated carbocycles. The van der Waals surface area contributed by atoms with E-state index in [2.05, 4.69) is 31.2 Å². The minimum absolute atomic E-state index is 0.0276. The molecule has 7 heteroatoms. The summed E-state index contributed by atoms with van der Waals surface area (Å²) in [6.45, 7) is 2.21. The molecule has 2 rings (SSSR count). The van der Waals surface area contributed by atoms with Crippen molar-refractivity contribution >= 4 is 21.9 Å². The first kappa shape index (κ1) is 14.8.